The van der Waals surface area contributed by atoms with Crippen molar-refractivity contribution in [2.75, 3.05) is 17.6 Å². The van der Waals surface area contributed by atoms with Crippen LogP contribution < -0.4 is 11.1 Å². The van der Waals surface area contributed by atoms with E-state index in [1.54, 1.807) is 23.1 Å². The molecule has 0 amide bonds. The van der Waals surface area contributed by atoms with E-state index >= 15 is 0 Å². The number of benzene rings is 1. The Balaban J connectivity index is 1.90. The highest BCUT2D eigenvalue weighted by atomic mass is 19.1. The highest BCUT2D eigenvalue weighted by Crippen LogP contribution is 2.16. The predicted octanol–water partition coefficient (Wildman–Crippen LogP) is 1.19. The summed E-state index contributed by atoms with van der Waals surface area (Å²) in [6.07, 6.45) is 2.28. The fourth-order valence-electron chi connectivity index (χ4n) is 1.48. The number of nitrogens with one attached hydrogen (secondary N) is 1. The van der Waals surface area contributed by atoms with Crippen molar-refractivity contribution < 1.29 is 4.39 Å². The molecule has 6 heteroatoms. The molecule has 0 spiro atoms. The van der Waals surface area contributed by atoms with Crippen LogP contribution in [0.2, 0.25) is 0 Å². The van der Waals surface area contributed by atoms with Gasteiger partial charge in [-0.2, -0.15) is 5.10 Å². The van der Waals surface area contributed by atoms with Crippen molar-refractivity contribution >= 4 is 11.4 Å². The van der Waals surface area contributed by atoms with Crippen LogP contribution in [0.3, 0.4) is 0 Å². The van der Waals surface area contributed by atoms with Crippen molar-refractivity contribution in [3.8, 4) is 0 Å². The number of nitrogens with zero attached hydrogens (tertiary/aromatic N) is 3. The summed E-state index contributed by atoms with van der Waals surface area (Å²) in [7, 11) is 1.81. The van der Waals surface area contributed by atoms with Gasteiger partial charge in [-0.15, -0.1) is 0 Å². The first-order valence-corrected chi connectivity index (χ1v) is 5.28. The molecule has 0 bridgehead atoms. The fraction of sp³-hybridized carbons (Fsp3) is 0.273. The molecule has 1 aromatic heterocycles. The molecule has 2 aromatic rings. The van der Waals surface area contributed by atoms with Gasteiger partial charge >= 0.3 is 0 Å². The summed E-state index contributed by atoms with van der Waals surface area (Å²) >= 11 is 0. The fourth-order valence-corrected chi connectivity index (χ4v) is 1.48. The topological polar surface area (TPSA) is 68.8 Å². The van der Waals surface area contributed by atoms with E-state index in [2.05, 4.69) is 15.4 Å². The van der Waals surface area contributed by atoms with Gasteiger partial charge < -0.3 is 11.1 Å². The normalized spacial score (nSPS) is 10.5. The summed E-state index contributed by atoms with van der Waals surface area (Å²) < 4.78 is 15.0. The number of hydrogen-bond acceptors (Lipinski definition) is 4. The summed E-state index contributed by atoms with van der Waals surface area (Å²) in [6, 6.07) is 4.57. The van der Waals surface area contributed by atoms with Crippen LogP contribution >= 0.6 is 0 Å². The molecule has 1 aromatic carbocycles. The van der Waals surface area contributed by atoms with Gasteiger partial charge in [-0.25, -0.2) is 9.37 Å². The third-order valence-corrected chi connectivity index (χ3v) is 2.30. The first-order chi connectivity index (χ1) is 8.15. The number of rotatable bonds is 4. The Hall–Kier alpha value is -2.11. The third-order valence-electron chi connectivity index (χ3n) is 2.30. The van der Waals surface area contributed by atoms with E-state index in [-0.39, 0.29) is 5.82 Å². The Kier molecular flexibility index (Phi) is 3.22. The van der Waals surface area contributed by atoms with E-state index < -0.39 is 0 Å². The minimum Gasteiger partial charge on any atom is -0.399 e. The van der Waals surface area contributed by atoms with Crippen molar-refractivity contribution in [3.05, 3.63) is 36.2 Å². The van der Waals surface area contributed by atoms with E-state index in [9.17, 15) is 4.39 Å². The molecule has 0 aliphatic carbocycles. The molecular formula is C11H14FN5. The van der Waals surface area contributed by atoms with E-state index in [0.717, 1.165) is 5.82 Å². The van der Waals surface area contributed by atoms with Crippen LogP contribution in [0.1, 0.15) is 5.82 Å². The molecule has 0 saturated heterocycles. The molecule has 5 nitrogen and oxygen atoms in total. The maximum absolute atomic E-state index is 13.4. The zero-order valence-electron chi connectivity index (χ0n) is 9.52. The molecule has 0 saturated carbocycles. The lowest BCUT2D eigenvalue weighted by atomic mass is 10.2. The molecule has 1 heterocycles. The van der Waals surface area contributed by atoms with Gasteiger partial charge in [0.25, 0.3) is 0 Å². The van der Waals surface area contributed by atoms with Crippen molar-refractivity contribution in [1.29, 1.82) is 0 Å². The summed E-state index contributed by atoms with van der Waals surface area (Å²) in [5.74, 6) is 0.384. The average molecular weight is 235 g/mol. The van der Waals surface area contributed by atoms with E-state index in [4.69, 9.17) is 5.73 Å². The Labute approximate surface area is 98.5 Å². The van der Waals surface area contributed by atoms with Crippen LogP contribution in [-0.4, -0.2) is 21.3 Å². The zero-order valence-corrected chi connectivity index (χ0v) is 9.52. The Morgan fingerprint density at radius 1 is 1.47 bits per heavy atom. The number of hydrogen-bond donors (Lipinski definition) is 2. The van der Waals surface area contributed by atoms with Gasteiger partial charge in [0.2, 0.25) is 0 Å². The smallest absolute Gasteiger partial charge is 0.152 e. The van der Waals surface area contributed by atoms with Crippen LogP contribution in [0.25, 0.3) is 0 Å². The number of aryl methyl sites for hydroxylation is 1. The van der Waals surface area contributed by atoms with Crippen LogP contribution in [0.15, 0.2) is 24.5 Å². The third kappa shape index (κ3) is 2.93. The number of nitrogens with two attached hydrogens (primary N) is 1. The maximum atomic E-state index is 13.4. The highest BCUT2D eigenvalue weighted by molar-refractivity contribution is 5.52. The molecular weight excluding hydrogens is 221 g/mol. The monoisotopic (exact) mass is 235 g/mol. The zero-order chi connectivity index (χ0) is 12.3. The number of aromatic nitrogens is 3. The van der Waals surface area contributed by atoms with Gasteiger partial charge in [0.1, 0.15) is 12.1 Å². The van der Waals surface area contributed by atoms with Crippen LogP contribution in [-0.2, 0) is 13.5 Å². The lowest BCUT2D eigenvalue weighted by Gasteiger charge is -2.06. The molecule has 2 rings (SSSR count). The largest absolute Gasteiger partial charge is 0.399 e. The second-order valence-corrected chi connectivity index (χ2v) is 3.75. The van der Waals surface area contributed by atoms with Gasteiger partial charge in [-0.3, -0.25) is 4.68 Å². The number of nitrogen functional groups attached to an aromatic ring is 1. The first kappa shape index (κ1) is 11.4. The Bertz CT molecular complexity index is 508. The maximum Gasteiger partial charge on any atom is 0.152 e. The molecule has 0 aliphatic rings. The quantitative estimate of drug-likeness (QED) is 0.781. The van der Waals surface area contributed by atoms with Crippen LogP contribution in [0.4, 0.5) is 15.8 Å². The molecule has 0 radical (unpaired) electrons. The molecule has 0 aliphatic heterocycles. The second-order valence-electron chi connectivity index (χ2n) is 3.75. The van der Waals surface area contributed by atoms with Gasteiger partial charge in [-0.05, 0) is 18.2 Å². The average Bonchev–Trinajstić information content (AvgIpc) is 2.68. The summed E-state index contributed by atoms with van der Waals surface area (Å²) in [4.78, 5) is 4.08. The van der Waals surface area contributed by atoms with Gasteiger partial charge in [0.05, 0.1) is 5.69 Å². The summed E-state index contributed by atoms with van der Waals surface area (Å²) in [5.41, 5.74) is 6.32. The molecule has 17 heavy (non-hydrogen) atoms. The van der Waals surface area contributed by atoms with Crippen molar-refractivity contribution in [2.24, 2.45) is 7.05 Å². The molecule has 0 fully saturated rings. The van der Waals surface area contributed by atoms with Gasteiger partial charge in [-0.1, -0.05) is 0 Å². The lowest BCUT2D eigenvalue weighted by Crippen LogP contribution is -2.08. The lowest BCUT2D eigenvalue weighted by molar-refractivity contribution is 0.630. The van der Waals surface area contributed by atoms with Crippen molar-refractivity contribution in [1.82, 2.24) is 14.8 Å². The molecule has 0 atom stereocenters. The molecule has 3 N–H and O–H groups in total. The summed E-state index contributed by atoms with van der Waals surface area (Å²) in [5, 5.41) is 7.11. The van der Waals surface area contributed by atoms with Crippen molar-refractivity contribution in [2.45, 2.75) is 6.42 Å². The highest BCUT2D eigenvalue weighted by Gasteiger charge is 2.03. The first-order valence-electron chi connectivity index (χ1n) is 5.28. The van der Waals surface area contributed by atoms with E-state index in [1.807, 2.05) is 7.05 Å². The van der Waals surface area contributed by atoms with E-state index in [1.165, 1.54) is 6.07 Å². The molecule has 90 valence electrons. The number of halogens is 1. The molecule has 0 unspecified atom stereocenters. The van der Waals surface area contributed by atoms with Gasteiger partial charge in [0.15, 0.2) is 5.82 Å². The predicted molar refractivity (Wildman–Crippen MR) is 64.0 cm³/mol. The summed E-state index contributed by atoms with van der Waals surface area (Å²) in [6.45, 7) is 0.574. The van der Waals surface area contributed by atoms with Crippen LogP contribution in [0, 0.1) is 5.82 Å². The SMILES string of the molecule is Cn1cnc(CCNc2ccc(N)cc2F)n1. The van der Waals surface area contributed by atoms with Crippen LogP contribution in [0.5, 0.6) is 0 Å². The Morgan fingerprint density at radius 3 is 2.94 bits per heavy atom. The standard InChI is InChI=1S/C11H14FN5/c1-17-7-15-11(16-17)4-5-14-10-3-2-8(13)6-9(10)12/h2-3,6-7,14H,4-5,13H2,1H3. The minimum atomic E-state index is -0.348. The number of anilines is 2. The minimum absolute atomic E-state index is 0.348. The van der Waals surface area contributed by atoms with E-state index in [0.29, 0.717) is 24.3 Å². The van der Waals surface area contributed by atoms with Crippen molar-refractivity contribution in [3.63, 3.8) is 0 Å². The van der Waals surface area contributed by atoms with Gasteiger partial charge in [0, 0.05) is 25.7 Å². The Morgan fingerprint density at radius 2 is 2.29 bits per heavy atom. The second kappa shape index (κ2) is 4.82.